The summed E-state index contributed by atoms with van der Waals surface area (Å²) in [5.74, 6) is 0. The second kappa shape index (κ2) is 17.6. The van der Waals surface area contributed by atoms with Gasteiger partial charge in [0.2, 0.25) is 0 Å². The number of nitrogens with zero attached hydrogens (tertiary/aromatic N) is 2. The third-order valence-corrected chi connectivity index (χ3v) is 15.2. The Morgan fingerprint density at radius 1 is 0.375 bits per heavy atom. The van der Waals surface area contributed by atoms with Crippen LogP contribution in [-0.2, 0) is 21.7 Å². The zero-order chi connectivity index (χ0) is 46.4. The highest BCUT2D eigenvalue weighted by Gasteiger charge is 2.28. The number of rotatable bonds is 10. The largest absolute Gasteiger partial charge is 0.310 e. The van der Waals surface area contributed by atoms with E-state index in [0.29, 0.717) is 5.02 Å². The van der Waals surface area contributed by atoms with E-state index in [1.54, 1.807) is 0 Å². The molecule has 7 aromatic carbocycles. The Kier molecular flexibility index (Phi) is 12.8. The van der Waals surface area contributed by atoms with Crippen molar-refractivity contribution in [1.82, 2.24) is 0 Å². The quantitative estimate of drug-likeness (QED) is 0.126. The lowest BCUT2D eigenvalue weighted by Crippen LogP contribution is -2.37. The topological polar surface area (TPSA) is 6.48 Å². The molecule has 7 rings (SSSR count). The Morgan fingerprint density at radius 3 is 1.20 bits per heavy atom. The fourth-order valence-corrected chi connectivity index (χ4v) is 9.93. The third-order valence-electron chi connectivity index (χ3n) is 12.9. The van der Waals surface area contributed by atoms with Crippen molar-refractivity contribution in [1.29, 1.82) is 0 Å². The number of halogens is 1. The average molecular weight is 882 g/mol. The summed E-state index contributed by atoms with van der Waals surface area (Å²) < 4.78 is 0. The van der Waals surface area contributed by atoms with Gasteiger partial charge in [0.15, 0.2) is 0 Å². The minimum atomic E-state index is -1.41. The van der Waals surface area contributed by atoms with E-state index in [4.69, 9.17) is 11.6 Å². The zero-order valence-corrected chi connectivity index (χ0v) is 42.6. The normalized spacial score (nSPS) is 12.6. The number of hydrogen-bond donors (Lipinski definition) is 0. The van der Waals surface area contributed by atoms with Gasteiger partial charge in [-0.2, -0.15) is 0 Å². The van der Waals surface area contributed by atoms with Crippen molar-refractivity contribution in [2.24, 2.45) is 0 Å². The molecule has 0 aromatic heterocycles. The molecule has 7 aromatic rings. The standard InChI is InChI=1S/C60H69ClN2Si/c1-57(2,3)43-20-29-49(30-21-43)62(50-31-22-44(23-32-50)58(4,5)6)52-39-48(61)40-53(41-52)63(56-37-28-47(59(7,8)9)38-55(56)42-18-16-15-17-19-42)51-33-24-45(25-34-51)60(10,11)46-26-35-54(36-27-46)64(12,13)14/h15-41H,1-14H3. The Morgan fingerprint density at radius 2 is 0.766 bits per heavy atom. The molecule has 64 heavy (non-hydrogen) atoms. The lowest BCUT2D eigenvalue weighted by molar-refractivity contribution is 0.590. The van der Waals surface area contributed by atoms with E-state index in [1.807, 2.05) is 0 Å². The number of anilines is 6. The van der Waals surface area contributed by atoms with Crippen LogP contribution in [0.25, 0.3) is 11.1 Å². The zero-order valence-electron chi connectivity index (χ0n) is 40.9. The van der Waals surface area contributed by atoms with Crippen LogP contribution >= 0.6 is 11.6 Å². The predicted octanol–water partition coefficient (Wildman–Crippen LogP) is 17.7. The first kappa shape index (κ1) is 46.6. The van der Waals surface area contributed by atoms with Gasteiger partial charge in [-0.15, -0.1) is 0 Å². The van der Waals surface area contributed by atoms with Crippen LogP contribution in [0, 0.1) is 0 Å². The molecule has 0 unspecified atom stereocenters. The fraction of sp³-hybridized carbons (Fsp3) is 0.300. The van der Waals surface area contributed by atoms with E-state index < -0.39 is 8.07 Å². The fourth-order valence-electron chi connectivity index (χ4n) is 8.54. The van der Waals surface area contributed by atoms with Crippen molar-refractivity contribution < 1.29 is 0 Å². The van der Waals surface area contributed by atoms with E-state index in [9.17, 15) is 0 Å². The molecule has 4 heteroatoms. The van der Waals surface area contributed by atoms with Crippen molar-refractivity contribution in [3.63, 3.8) is 0 Å². The molecule has 0 radical (unpaired) electrons. The molecule has 0 saturated heterocycles. The van der Waals surface area contributed by atoms with Gasteiger partial charge in [-0.25, -0.2) is 0 Å². The smallest absolute Gasteiger partial charge is 0.0775 e. The third kappa shape index (κ3) is 10.1. The van der Waals surface area contributed by atoms with Crippen LogP contribution in [0.3, 0.4) is 0 Å². The monoisotopic (exact) mass is 880 g/mol. The average Bonchev–Trinajstić information content (AvgIpc) is 3.23. The molecule has 0 fully saturated rings. The van der Waals surface area contributed by atoms with E-state index in [1.165, 1.54) is 33.0 Å². The first-order valence-corrected chi connectivity index (χ1v) is 26.8. The Labute approximate surface area is 392 Å². The summed E-state index contributed by atoms with van der Waals surface area (Å²) in [4.78, 5) is 4.74. The lowest BCUT2D eigenvalue weighted by atomic mass is 9.78. The van der Waals surface area contributed by atoms with E-state index in [-0.39, 0.29) is 21.7 Å². The maximum Gasteiger partial charge on any atom is 0.0775 e. The van der Waals surface area contributed by atoms with Crippen molar-refractivity contribution in [2.45, 2.75) is 117 Å². The summed E-state index contributed by atoms with van der Waals surface area (Å²) in [6.45, 7) is 32.3. The Balaban J connectivity index is 1.44. The van der Waals surface area contributed by atoms with E-state index in [2.05, 4.69) is 269 Å². The lowest BCUT2D eigenvalue weighted by Gasteiger charge is -2.33. The van der Waals surface area contributed by atoms with Crippen LogP contribution in [-0.4, -0.2) is 8.07 Å². The summed E-state index contributed by atoms with van der Waals surface area (Å²) in [7, 11) is -1.41. The van der Waals surface area contributed by atoms with Crippen LogP contribution in [0.4, 0.5) is 34.1 Å². The highest BCUT2D eigenvalue weighted by Crippen LogP contribution is 2.47. The van der Waals surface area contributed by atoms with E-state index >= 15 is 0 Å². The SMILES string of the molecule is CC(C)(C)c1ccc(N(c2ccc(C(C)(C)C)cc2)c2cc(Cl)cc(N(c3ccc(C(C)(C)c4ccc([Si](C)(C)C)cc4)cc3)c3ccc(C(C)(C)C)cc3-c3ccccc3)c2)cc1. The molecule has 0 saturated carbocycles. The highest BCUT2D eigenvalue weighted by atomic mass is 35.5. The van der Waals surface area contributed by atoms with Crippen LogP contribution in [0.5, 0.6) is 0 Å². The first-order valence-electron chi connectivity index (χ1n) is 22.9. The molecule has 0 bridgehead atoms. The van der Waals surface area contributed by atoms with Gasteiger partial charge in [-0.3, -0.25) is 0 Å². The van der Waals surface area contributed by atoms with Crippen molar-refractivity contribution in [3.8, 4) is 11.1 Å². The minimum absolute atomic E-state index is 0.0312. The molecule has 0 aliphatic carbocycles. The van der Waals surface area contributed by atoms with Crippen LogP contribution in [0.1, 0.15) is 104 Å². The summed E-state index contributed by atoms with van der Waals surface area (Å²) in [5.41, 5.74) is 14.8. The van der Waals surface area contributed by atoms with E-state index in [0.717, 1.165) is 45.3 Å². The van der Waals surface area contributed by atoms with Gasteiger partial charge in [-0.05, 0) is 116 Å². The molecule has 0 atom stereocenters. The van der Waals surface area contributed by atoms with Crippen LogP contribution < -0.4 is 15.0 Å². The number of hydrogen-bond acceptors (Lipinski definition) is 2. The summed E-state index contributed by atoms with van der Waals surface area (Å²) in [5, 5.41) is 2.14. The maximum atomic E-state index is 7.34. The van der Waals surface area contributed by atoms with Crippen molar-refractivity contribution >= 4 is 59.0 Å². The van der Waals surface area contributed by atoms with Gasteiger partial charge in [0.1, 0.15) is 0 Å². The Hall–Kier alpha value is -5.35. The molecule has 0 heterocycles. The van der Waals surface area contributed by atoms with Crippen LogP contribution in [0.2, 0.25) is 24.7 Å². The summed E-state index contributed by atoms with van der Waals surface area (Å²) in [6.07, 6.45) is 0. The molecule has 0 aliphatic rings. The van der Waals surface area contributed by atoms with Gasteiger partial charge in [0, 0.05) is 44.4 Å². The summed E-state index contributed by atoms with van der Waals surface area (Å²) in [6, 6.07) is 60.9. The Bertz CT molecular complexity index is 2630. The van der Waals surface area contributed by atoms with Gasteiger partial charge in [-0.1, -0.05) is 210 Å². The van der Waals surface area contributed by atoms with Crippen LogP contribution in [0.15, 0.2) is 164 Å². The predicted molar refractivity (Wildman–Crippen MR) is 284 cm³/mol. The second-order valence-corrected chi connectivity index (χ2v) is 27.8. The molecular weight excluding hydrogens is 812 g/mol. The van der Waals surface area contributed by atoms with Crippen molar-refractivity contribution in [2.75, 3.05) is 9.80 Å². The molecular formula is C60H69ClN2Si. The molecule has 0 spiro atoms. The minimum Gasteiger partial charge on any atom is -0.310 e. The van der Waals surface area contributed by atoms with Gasteiger partial charge in [0.25, 0.3) is 0 Å². The summed E-state index contributed by atoms with van der Waals surface area (Å²) >= 11 is 7.34. The molecule has 0 aliphatic heterocycles. The number of benzene rings is 7. The van der Waals surface area contributed by atoms with Gasteiger partial charge >= 0.3 is 0 Å². The van der Waals surface area contributed by atoms with Gasteiger partial charge in [0.05, 0.1) is 13.8 Å². The second-order valence-electron chi connectivity index (χ2n) is 22.3. The molecule has 0 amide bonds. The van der Waals surface area contributed by atoms with Gasteiger partial charge < -0.3 is 9.80 Å². The highest BCUT2D eigenvalue weighted by molar-refractivity contribution is 6.88. The molecule has 0 N–H and O–H groups in total. The first-order chi connectivity index (χ1) is 29.9. The van der Waals surface area contributed by atoms with Crippen molar-refractivity contribution in [3.05, 3.63) is 197 Å². The maximum absolute atomic E-state index is 7.34. The molecule has 2 nitrogen and oxygen atoms in total. The molecule has 330 valence electrons.